The zero-order valence-electron chi connectivity index (χ0n) is 19.0. The van der Waals surface area contributed by atoms with Gasteiger partial charge in [0.15, 0.2) is 5.82 Å². The van der Waals surface area contributed by atoms with E-state index in [1.165, 1.54) is 0 Å². The monoisotopic (exact) mass is 463 g/mol. The van der Waals surface area contributed by atoms with E-state index < -0.39 is 5.92 Å². The van der Waals surface area contributed by atoms with Gasteiger partial charge >= 0.3 is 6.03 Å². The summed E-state index contributed by atoms with van der Waals surface area (Å²) in [5.74, 6) is -1.18. The second-order valence-electron chi connectivity index (χ2n) is 9.80. The van der Waals surface area contributed by atoms with Gasteiger partial charge < -0.3 is 25.8 Å². The SMILES string of the molecule is C[C@H]1C(=O)N2CCCc3nc(N[C@H]4C[C@H](NC(=O)NC5CCC(F)(F)CC5)C4)nc(c32)N1C. The summed E-state index contributed by atoms with van der Waals surface area (Å²) in [6.07, 6.45) is 3.45. The Morgan fingerprint density at radius 2 is 1.79 bits per heavy atom. The van der Waals surface area contributed by atoms with Crippen molar-refractivity contribution < 1.29 is 18.4 Å². The molecule has 0 saturated heterocycles. The lowest BCUT2D eigenvalue weighted by atomic mass is 9.87. The van der Waals surface area contributed by atoms with Crippen LogP contribution in [0.5, 0.6) is 0 Å². The molecule has 9 nitrogen and oxygen atoms in total. The van der Waals surface area contributed by atoms with Crippen LogP contribution in [0.25, 0.3) is 0 Å². The molecule has 0 unspecified atom stereocenters. The molecule has 1 aromatic rings. The normalized spacial score (nSPS) is 28.6. The number of urea groups is 1. The maximum Gasteiger partial charge on any atom is 0.315 e. The van der Waals surface area contributed by atoms with Crippen molar-refractivity contribution in [3.8, 4) is 0 Å². The van der Waals surface area contributed by atoms with Crippen molar-refractivity contribution in [3.63, 3.8) is 0 Å². The number of aromatic nitrogens is 2. The minimum atomic E-state index is -2.60. The Balaban J connectivity index is 1.15. The number of hydrogen-bond acceptors (Lipinski definition) is 6. The van der Waals surface area contributed by atoms with E-state index in [0.29, 0.717) is 25.3 Å². The smallest absolute Gasteiger partial charge is 0.315 e. The highest BCUT2D eigenvalue weighted by atomic mass is 19.3. The van der Waals surface area contributed by atoms with Crippen LogP contribution in [-0.2, 0) is 11.2 Å². The maximum atomic E-state index is 13.3. The molecule has 180 valence electrons. The minimum Gasteiger partial charge on any atom is -0.351 e. The maximum absolute atomic E-state index is 13.3. The second-order valence-corrected chi connectivity index (χ2v) is 9.80. The molecule has 2 saturated carbocycles. The number of likely N-dealkylation sites (N-methyl/N-ethyl adjacent to an activating group) is 1. The molecule has 11 heteroatoms. The molecule has 2 aliphatic carbocycles. The Morgan fingerprint density at radius 3 is 2.52 bits per heavy atom. The zero-order chi connectivity index (χ0) is 23.3. The molecule has 33 heavy (non-hydrogen) atoms. The number of anilines is 3. The Bertz CT molecular complexity index is 943. The van der Waals surface area contributed by atoms with E-state index in [2.05, 4.69) is 16.0 Å². The predicted molar refractivity (Wildman–Crippen MR) is 120 cm³/mol. The van der Waals surface area contributed by atoms with Crippen LogP contribution in [0.2, 0.25) is 0 Å². The third-order valence-electron chi connectivity index (χ3n) is 7.40. The van der Waals surface area contributed by atoms with E-state index >= 15 is 0 Å². The highest BCUT2D eigenvalue weighted by Gasteiger charge is 2.40. The number of carbonyl (C=O) groups excluding carboxylic acids is 2. The number of amides is 3. The van der Waals surface area contributed by atoms with Gasteiger partial charge in [0.05, 0.1) is 5.69 Å². The fourth-order valence-corrected chi connectivity index (χ4v) is 5.19. The Hall–Kier alpha value is -2.72. The zero-order valence-corrected chi connectivity index (χ0v) is 19.0. The predicted octanol–water partition coefficient (Wildman–Crippen LogP) is 2.41. The van der Waals surface area contributed by atoms with Crippen LogP contribution in [0, 0.1) is 0 Å². The summed E-state index contributed by atoms with van der Waals surface area (Å²) in [6.45, 7) is 2.59. The van der Waals surface area contributed by atoms with Crippen LogP contribution in [0.1, 0.15) is 57.6 Å². The first-order valence-electron chi connectivity index (χ1n) is 11.9. The van der Waals surface area contributed by atoms with E-state index in [0.717, 1.165) is 42.9 Å². The number of halogens is 2. The number of alkyl halides is 2. The third-order valence-corrected chi connectivity index (χ3v) is 7.40. The van der Waals surface area contributed by atoms with Crippen LogP contribution in [0.4, 0.5) is 31.0 Å². The molecule has 1 aromatic heterocycles. The summed E-state index contributed by atoms with van der Waals surface area (Å²) in [5.41, 5.74) is 1.73. The van der Waals surface area contributed by atoms with Gasteiger partial charge in [0.2, 0.25) is 17.8 Å². The van der Waals surface area contributed by atoms with Crippen LogP contribution >= 0.6 is 0 Å². The lowest BCUT2D eigenvalue weighted by Crippen LogP contribution is -2.54. The molecule has 0 bridgehead atoms. The standard InChI is InChI=1S/C22H31F2N7O2/c1-12-19(32)31-9-3-4-16-17(31)18(30(12)2)29-20(28-16)25-14-10-15(11-14)27-21(33)26-13-5-7-22(23,24)8-6-13/h12-15H,3-11H2,1-2H3,(H,25,28,29)(H2,26,27,33)/t12-,14-,15-/m0/s1. The molecule has 2 aliphatic heterocycles. The molecule has 0 radical (unpaired) electrons. The van der Waals surface area contributed by atoms with Crippen molar-refractivity contribution in [1.29, 1.82) is 0 Å². The van der Waals surface area contributed by atoms with Crippen LogP contribution in [-0.4, -0.2) is 65.6 Å². The van der Waals surface area contributed by atoms with Gasteiger partial charge in [0.25, 0.3) is 0 Å². The largest absolute Gasteiger partial charge is 0.351 e. The summed E-state index contributed by atoms with van der Waals surface area (Å²) in [7, 11) is 1.89. The molecule has 3 N–H and O–H groups in total. The van der Waals surface area contributed by atoms with Gasteiger partial charge in [0, 0.05) is 44.6 Å². The first-order valence-corrected chi connectivity index (χ1v) is 11.9. The first kappa shape index (κ1) is 22.1. The van der Waals surface area contributed by atoms with Crippen molar-refractivity contribution in [2.75, 3.05) is 28.7 Å². The summed E-state index contributed by atoms with van der Waals surface area (Å²) in [6, 6.07) is -0.577. The molecule has 1 atom stereocenters. The van der Waals surface area contributed by atoms with Gasteiger partial charge in [0.1, 0.15) is 11.7 Å². The molecule has 4 aliphatic rings. The number of rotatable bonds is 4. The van der Waals surface area contributed by atoms with Crippen LogP contribution in [0.15, 0.2) is 0 Å². The van der Waals surface area contributed by atoms with E-state index in [-0.39, 0.29) is 48.9 Å². The number of aryl methyl sites for hydroxylation is 1. The molecule has 2 fully saturated rings. The molecule has 0 spiro atoms. The Labute approximate surface area is 191 Å². The number of carbonyl (C=O) groups is 2. The highest BCUT2D eigenvalue weighted by Crippen LogP contribution is 2.40. The van der Waals surface area contributed by atoms with Crippen molar-refractivity contribution in [2.45, 2.75) is 88.4 Å². The quantitative estimate of drug-likeness (QED) is 0.634. The van der Waals surface area contributed by atoms with E-state index in [1.54, 1.807) is 0 Å². The van der Waals surface area contributed by atoms with Crippen molar-refractivity contribution >= 4 is 29.4 Å². The average molecular weight is 464 g/mol. The third kappa shape index (κ3) is 4.29. The van der Waals surface area contributed by atoms with Crippen molar-refractivity contribution in [3.05, 3.63) is 5.69 Å². The van der Waals surface area contributed by atoms with E-state index in [9.17, 15) is 18.4 Å². The Kier molecular flexibility index (Phi) is 5.52. The number of nitrogens with one attached hydrogen (secondary N) is 3. The van der Waals surface area contributed by atoms with Crippen LogP contribution in [0.3, 0.4) is 0 Å². The molecular weight excluding hydrogens is 432 g/mol. The van der Waals surface area contributed by atoms with Crippen molar-refractivity contribution in [1.82, 2.24) is 20.6 Å². The summed E-state index contributed by atoms with van der Waals surface area (Å²) in [4.78, 5) is 38.0. The van der Waals surface area contributed by atoms with E-state index in [4.69, 9.17) is 9.97 Å². The van der Waals surface area contributed by atoms with Gasteiger partial charge in [-0.15, -0.1) is 0 Å². The molecule has 5 rings (SSSR count). The highest BCUT2D eigenvalue weighted by molar-refractivity contribution is 6.05. The number of nitrogens with zero attached hydrogens (tertiary/aromatic N) is 4. The lowest BCUT2D eigenvalue weighted by Gasteiger charge is -2.42. The molecule has 3 amide bonds. The van der Waals surface area contributed by atoms with Crippen LogP contribution < -0.4 is 25.8 Å². The van der Waals surface area contributed by atoms with Crippen molar-refractivity contribution in [2.24, 2.45) is 0 Å². The average Bonchev–Trinajstić information content (AvgIpc) is 2.75. The summed E-state index contributed by atoms with van der Waals surface area (Å²) >= 11 is 0. The topological polar surface area (TPSA) is 102 Å². The minimum absolute atomic E-state index is 0.0271. The van der Waals surface area contributed by atoms with Gasteiger partial charge in [-0.3, -0.25) is 4.79 Å². The van der Waals surface area contributed by atoms with Gasteiger partial charge in [-0.1, -0.05) is 0 Å². The van der Waals surface area contributed by atoms with E-state index in [1.807, 2.05) is 23.8 Å². The fraction of sp³-hybridized carbons (Fsp3) is 0.727. The lowest BCUT2D eigenvalue weighted by molar-refractivity contribution is -0.119. The van der Waals surface area contributed by atoms with Gasteiger partial charge in [-0.25, -0.2) is 18.6 Å². The molecular formula is C22H31F2N7O2. The Morgan fingerprint density at radius 1 is 1.09 bits per heavy atom. The van der Waals surface area contributed by atoms with Gasteiger partial charge in [-0.2, -0.15) is 4.98 Å². The molecule has 3 heterocycles. The second kappa shape index (κ2) is 8.25. The first-order chi connectivity index (χ1) is 15.7. The molecule has 0 aromatic carbocycles. The summed E-state index contributed by atoms with van der Waals surface area (Å²) < 4.78 is 26.5. The van der Waals surface area contributed by atoms with Gasteiger partial charge in [-0.05, 0) is 45.4 Å². The fourth-order valence-electron chi connectivity index (χ4n) is 5.19. The number of hydrogen-bond donors (Lipinski definition) is 3. The summed E-state index contributed by atoms with van der Waals surface area (Å²) in [5, 5.41) is 9.14.